The van der Waals surface area contributed by atoms with E-state index in [9.17, 15) is 0 Å². The van der Waals surface area contributed by atoms with Crippen LogP contribution in [0.3, 0.4) is 0 Å². The van der Waals surface area contributed by atoms with Crippen LogP contribution in [0.5, 0.6) is 0 Å². The Hall–Kier alpha value is -1.56. The van der Waals surface area contributed by atoms with Crippen LogP contribution in [0.25, 0.3) is 0 Å². The summed E-state index contributed by atoms with van der Waals surface area (Å²) in [5.74, 6) is 0.464. The summed E-state index contributed by atoms with van der Waals surface area (Å²) in [5.41, 5.74) is 8.27. The third-order valence-electron chi connectivity index (χ3n) is 3.34. The normalized spacial score (nSPS) is 17.9. The molecule has 0 atom stereocenters. The van der Waals surface area contributed by atoms with Gasteiger partial charge in [-0.2, -0.15) is 0 Å². The minimum Gasteiger partial charge on any atom is -0.368 e. The van der Waals surface area contributed by atoms with Crippen LogP contribution in [-0.4, -0.2) is 54.8 Å². The first-order valence-electron chi connectivity index (χ1n) is 6.32. The van der Waals surface area contributed by atoms with Gasteiger partial charge in [0.25, 0.3) is 0 Å². The second-order valence-electron chi connectivity index (χ2n) is 4.52. The van der Waals surface area contributed by atoms with Crippen molar-refractivity contribution in [3.05, 3.63) is 12.7 Å². The topological polar surface area (TPSA) is 80.7 Å². The number of hydrazone groups is 1. The molecule has 0 bridgehead atoms. The summed E-state index contributed by atoms with van der Waals surface area (Å²) in [5, 5.41) is 10.7. The molecule has 1 heterocycles. The molecule has 0 unspecified atom stereocenters. The van der Waals surface area contributed by atoms with Crippen molar-refractivity contribution in [2.24, 2.45) is 10.8 Å². The average Bonchev–Trinajstić information content (AvgIpc) is 2.42. The number of likely N-dealkylation sites (tertiary alicyclic amines) is 1. The Morgan fingerprint density at radius 1 is 1.61 bits per heavy atom. The van der Waals surface area contributed by atoms with Crippen molar-refractivity contribution in [1.29, 1.82) is 5.41 Å². The summed E-state index contributed by atoms with van der Waals surface area (Å²) >= 11 is 0. The first kappa shape index (κ1) is 14.5. The van der Waals surface area contributed by atoms with Crippen LogP contribution in [0.2, 0.25) is 0 Å². The number of nitrogens with one attached hydrogen (secondary N) is 2. The van der Waals surface area contributed by atoms with E-state index < -0.39 is 0 Å². The fraction of sp³-hybridized carbons (Fsp3) is 0.667. The number of rotatable bonds is 6. The second-order valence-corrected chi connectivity index (χ2v) is 4.52. The van der Waals surface area contributed by atoms with Crippen LogP contribution >= 0.6 is 0 Å². The SMILES string of the molecule is C=CCCN(C)C1CCN(C(N)=NNC=N)CC1. The van der Waals surface area contributed by atoms with Crippen LogP contribution in [0, 0.1) is 5.41 Å². The van der Waals surface area contributed by atoms with Gasteiger partial charge in [0, 0.05) is 25.7 Å². The maximum Gasteiger partial charge on any atom is 0.214 e. The summed E-state index contributed by atoms with van der Waals surface area (Å²) in [6, 6.07) is 0.615. The van der Waals surface area contributed by atoms with Gasteiger partial charge in [-0.15, -0.1) is 11.7 Å². The van der Waals surface area contributed by atoms with Gasteiger partial charge in [-0.25, -0.2) is 0 Å². The van der Waals surface area contributed by atoms with E-state index in [-0.39, 0.29) is 0 Å². The van der Waals surface area contributed by atoms with Gasteiger partial charge in [-0.3, -0.25) is 10.8 Å². The van der Waals surface area contributed by atoms with Crippen molar-refractivity contribution >= 4 is 12.3 Å². The van der Waals surface area contributed by atoms with Gasteiger partial charge >= 0.3 is 0 Å². The maximum absolute atomic E-state index is 6.83. The Balaban J connectivity index is 2.35. The zero-order valence-corrected chi connectivity index (χ0v) is 11.1. The lowest BCUT2D eigenvalue weighted by Crippen LogP contribution is -2.48. The van der Waals surface area contributed by atoms with E-state index in [1.54, 1.807) is 0 Å². The lowest BCUT2D eigenvalue weighted by Gasteiger charge is -2.37. The number of guanidine groups is 1. The molecule has 4 N–H and O–H groups in total. The van der Waals surface area contributed by atoms with Gasteiger partial charge in [0.05, 0.1) is 6.34 Å². The molecule has 0 amide bonds. The third kappa shape index (κ3) is 4.37. The zero-order chi connectivity index (χ0) is 13.4. The molecule has 6 heteroatoms. The average molecular weight is 252 g/mol. The Bertz CT molecular complexity index is 293. The number of nitrogens with two attached hydrogens (primary N) is 1. The molecular weight excluding hydrogens is 228 g/mol. The predicted octanol–water partition coefficient (Wildman–Crippen LogP) is 0.385. The lowest BCUT2D eigenvalue weighted by molar-refractivity contribution is 0.165. The molecule has 102 valence electrons. The summed E-state index contributed by atoms with van der Waals surface area (Å²) < 4.78 is 0. The minimum atomic E-state index is 0.464. The van der Waals surface area contributed by atoms with E-state index in [1.165, 1.54) is 0 Å². The van der Waals surface area contributed by atoms with Gasteiger partial charge in [0.1, 0.15) is 0 Å². The van der Waals surface area contributed by atoms with Crippen LogP contribution in [0.4, 0.5) is 0 Å². The van der Waals surface area contributed by atoms with Crippen molar-refractivity contribution in [3.63, 3.8) is 0 Å². The van der Waals surface area contributed by atoms with Crippen molar-refractivity contribution in [2.75, 3.05) is 26.7 Å². The van der Waals surface area contributed by atoms with E-state index in [1.807, 2.05) is 11.0 Å². The molecule has 0 aromatic rings. The monoisotopic (exact) mass is 252 g/mol. The molecule has 0 spiro atoms. The van der Waals surface area contributed by atoms with Crippen LogP contribution in [0.1, 0.15) is 19.3 Å². The van der Waals surface area contributed by atoms with Crippen LogP contribution < -0.4 is 11.2 Å². The van der Waals surface area contributed by atoms with Crippen LogP contribution in [-0.2, 0) is 0 Å². The molecule has 18 heavy (non-hydrogen) atoms. The molecule has 0 aliphatic carbocycles. The first-order chi connectivity index (χ1) is 8.69. The standard InChI is InChI=1S/C12H24N6/c1-3-4-7-17(2)11-5-8-18(9-6-11)12(14)16-15-10-13/h3,10-11H,1,4-9H2,2H3,(H2,13,15)(H2,14,16). The number of hydrogen-bond acceptors (Lipinski definition) is 3. The largest absolute Gasteiger partial charge is 0.368 e. The van der Waals surface area contributed by atoms with Crippen molar-refractivity contribution in [2.45, 2.75) is 25.3 Å². The molecule has 0 radical (unpaired) electrons. The molecule has 0 aromatic carbocycles. The summed E-state index contributed by atoms with van der Waals surface area (Å²) in [7, 11) is 2.16. The molecule has 1 saturated heterocycles. The van der Waals surface area contributed by atoms with Gasteiger partial charge in [-0.05, 0) is 26.3 Å². The Labute approximate surface area is 109 Å². The summed E-state index contributed by atoms with van der Waals surface area (Å²) in [6.45, 7) is 6.64. The molecule has 1 aliphatic heterocycles. The molecule has 6 nitrogen and oxygen atoms in total. The second kappa shape index (κ2) is 7.71. The van der Waals surface area contributed by atoms with Crippen molar-refractivity contribution in [1.82, 2.24) is 15.2 Å². The molecule has 0 aromatic heterocycles. The highest BCUT2D eigenvalue weighted by molar-refractivity contribution is 5.78. The van der Waals surface area contributed by atoms with Gasteiger partial charge in [0.15, 0.2) is 0 Å². The maximum atomic E-state index is 6.83. The van der Waals surface area contributed by atoms with Crippen LogP contribution in [0.15, 0.2) is 17.8 Å². The number of nitrogens with zero attached hydrogens (tertiary/aromatic N) is 3. The smallest absolute Gasteiger partial charge is 0.214 e. The Kier molecular flexibility index (Phi) is 6.21. The van der Waals surface area contributed by atoms with Gasteiger partial charge in [0.2, 0.25) is 5.96 Å². The van der Waals surface area contributed by atoms with E-state index in [2.05, 4.69) is 29.1 Å². The minimum absolute atomic E-state index is 0.464. The molecule has 1 aliphatic rings. The zero-order valence-electron chi connectivity index (χ0n) is 11.1. The molecule has 1 rings (SSSR count). The van der Waals surface area contributed by atoms with E-state index in [4.69, 9.17) is 11.1 Å². The fourth-order valence-electron chi connectivity index (χ4n) is 2.18. The third-order valence-corrected chi connectivity index (χ3v) is 3.34. The first-order valence-corrected chi connectivity index (χ1v) is 6.32. The van der Waals surface area contributed by atoms with E-state index >= 15 is 0 Å². The van der Waals surface area contributed by atoms with Crippen molar-refractivity contribution < 1.29 is 0 Å². The highest BCUT2D eigenvalue weighted by Gasteiger charge is 2.22. The quantitative estimate of drug-likeness (QED) is 0.276. The van der Waals surface area contributed by atoms with Gasteiger partial charge in [-0.1, -0.05) is 6.08 Å². The number of hydrogen-bond donors (Lipinski definition) is 3. The summed E-state index contributed by atoms with van der Waals surface area (Å²) in [6.07, 6.45) is 6.19. The van der Waals surface area contributed by atoms with E-state index in [0.29, 0.717) is 12.0 Å². The lowest BCUT2D eigenvalue weighted by atomic mass is 10.0. The van der Waals surface area contributed by atoms with Gasteiger partial charge < -0.3 is 15.5 Å². The molecule has 0 saturated carbocycles. The summed E-state index contributed by atoms with van der Waals surface area (Å²) in [4.78, 5) is 4.44. The Morgan fingerprint density at radius 2 is 2.28 bits per heavy atom. The number of piperidine rings is 1. The van der Waals surface area contributed by atoms with Crippen molar-refractivity contribution in [3.8, 4) is 0 Å². The predicted molar refractivity (Wildman–Crippen MR) is 75.6 cm³/mol. The Morgan fingerprint density at radius 3 is 2.83 bits per heavy atom. The highest BCUT2D eigenvalue weighted by atomic mass is 15.4. The highest BCUT2D eigenvalue weighted by Crippen LogP contribution is 2.15. The molecule has 1 fully saturated rings. The fourth-order valence-corrected chi connectivity index (χ4v) is 2.18. The van der Waals surface area contributed by atoms with E-state index in [0.717, 1.165) is 45.2 Å². The molecular formula is C12H24N6.